The lowest BCUT2D eigenvalue weighted by molar-refractivity contribution is 0.0818. The molecule has 3 nitrogen and oxygen atoms in total. The van der Waals surface area contributed by atoms with E-state index in [1.807, 2.05) is 0 Å². The number of nitriles is 1. The minimum atomic E-state index is 0.158. The second-order valence-corrected chi connectivity index (χ2v) is 5.44. The summed E-state index contributed by atoms with van der Waals surface area (Å²) in [5.41, 5.74) is 0. The summed E-state index contributed by atoms with van der Waals surface area (Å²) in [5, 5.41) is 9.18. The van der Waals surface area contributed by atoms with Crippen molar-refractivity contribution in [3.8, 4) is 6.07 Å². The maximum Gasteiger partial charge on any atom is 0.0978 e. The first-order valence-corrected chi connectivity index (χ1v) is 7.23. The molecule has 2 rings (SSSR count). The quantitative estimate of drug-likeness (QED) is 0.748. The summed E-state index contributed by atoms with van der Waals surface area (Å²) in [4.78, 5) is 5.04. The molecule has 0 aromatic heterocycles. The second-order valence-electron chi connectivity index (χ2n) is 5.44. The molecule has 1 atom stereocenters. The zero-order valence-corrected chi connectivity index (χ0v) is 11.1. The SMILES string of the molecule is CCCC(C#N)N1CCN(C2CCCC2)CC1. The summed E-state index contributed by atoms with van der Waals surface area (Å²) >= 11 is 0. The third-order valence-corrected chi connectivity index (χ3v) is 4.34. The first-order chi connectivity index (χ1) is 8.35. The molecule has 17 heavy (non-hydrogen) atoms. The number of hydrogen-bond donors (Lipinski definition) is 0. The smallest absolute Gasteiger partial charge is 0.0978 e. The van der Waals surface area contributed by atoms with Gasteiger partial charge < -0.3 is 0 Å². The fraction of sp³-hybridized carbons (Fsp3) is 0.929. The van der Waals surface area contributed by atoms with Crippen molar-refractivity contribution >= 4 is 0 Å². The molecule has 1 saturated heterocycles. The van der Waals surface area contributed by atoms with Crippen molar-refractivity contribution in [3.63, 3.8) is 0 Å². The van der Waals surface area contributed by atoms with Crippen LogP contribution in [0.15, 0.2) is 0 Å². The van der Waals surface area contributed by atoms with E-state index in [4.69, 9.17) is 0 Å². The molecule has 1 heterocycles. The Morgan fingerprint density at radius 3 is 2.35 bits per heavy atom. The van der Waals surface area contributed by atoms with E-state index in [9.17, 15) is 5.26 Å². The van der Waals surface area contributed by atoms with Gasteiger partial charge in [0.15, 0.2) is 0 Å². The Morgan fingerprint density at radius 2 is 1.82 bits per heavy atom. The average Bonchev–Trinajstić information content (AvgIpc) is 2.90. The van der Waals surface area contributed by atoms with Crippen LogP contribution in [0.2, 0.25) is 0 Å². The fourth-order valence-corrected chi connectivity index (χ4v) is 3.29. The van der Waals surface area contributed by atoms with Gasteiger partial charge in [0.05, 0.1) is 12.1 Å². The highest BCUT2D eigenvalue weighted by Gasteiger charge is 2.28. The lowest BCUT2D eigenvalue weighted by Crippen LogP contribution is -2.52. The van der Waals surface area contributed by atoms with Gasteiger partial charge in [0.25, 0.3) is 0 Å². The molecule has 2 fully saturated rings. The molecule has 0 spiro atoms. The Morgan fingerprint density at radius 1 is 1.18 bits per heavy atom. The van der Waals surface area contributed by atoms with Crippen LogP contribution < -0.4 is 0 Å². The predicted molar refractivity (Wildman–Crippen MR) is 69.7 cm³/mol. The molecule has 0 N–H and O–H groups in total. The standard InChI is InChI=1S/C14H25N3/c1-2-5-14(12-15)17-10-8-16(9-11-17)13-6-3-4-7-13/h13-14H,2-11H2,1H3. The fourth-order valence-electron chi connectivity index (χ4n) is 3.29. The van der Waals surface area contributed by atoms with Gasteiger partial charge in [0, 0.05) is 32.2 Å². The number of rotatable bonds is 4. The molecule has 0 aromatic carbocycles. The first-order valence-electron chi connectivity index (χ1n) is 7.23. The van der Waals surface area contributed by atoms with E-state index in [1.165, 1.54) is 38.8 Å². The summed E-state index contributed by atoms with van der Waals surface area (Å²) in [6, 6.07) is 3.47. The van der Waals surface area contributed by atoms with Crippen LogP contribution in [-0.4, -0.2) is 48.1 Å². The maximum absolute atomic E-state index is 9.18. The number of hydrogen-bond acceptors (Lipinski definition) is 3. The van der Waals surface area contributed by atoms with Gasteiger partial charge in [-0.1, -0.05) is 26.2 Å². The summed E-state index contributed by atoms with van der Waals surface area (Å²) in [6.45, 7) is 6.70. The van der Waals surface area contributed by atoms with E-state index >= 15 is 0 Å². The minimum absolute atomic E-state index is 0.158. The van der Waals surface area contributed by atoms with Crippen molar-refractivity contribution in [1.82, 2.24) is 9.80 Å². The van der Waals surface area contributed by atoms with Crippen molar-refractivity contribution in [1.29, 1.82) is 5.26 Å². The maximum atomic E-state index is 9.18. The third-order valence-electron chi connectivity index (χ3n) is 4.34. The zero-order chi connectivity index (χ0) is 12.1. The monoisotopic (exact) mass is 235 g/mol. The minimum Gasteiger partial charge on any atom is -0.298 e. The molecule has 1 unspecified atom stereocenters. The summed E-state index contributed by atoms with van der Waals surface area (Å²) < 4.78 is 0. The molecule has 0 radical (unpaired) electrons. The van der Waals surface area contributed by atoms with Gasteiger partial charge in [-0.2, -0.15) is 5.26 Å². The molecular weight excluding hydrogens is 210 g/mol. The Kier molecular flexibility index (Phi) is 4.82. The first kappa shape index (κ1) is 12.9. The molecule has 1 aliphatic heterocycles. The molecule has 3 heteroatoms. The van der Waals surface area contributed by atoms with E-state index in [0.717, 1.165) is 32.0 Å². The van der Waals surface area contributed by atoms with E-state index in [2.05, 4.69) is 22.8 Å². The summed E-state index contributed by atoms with van der Waals surface area (Å²) in [7, 11) is 0. The van der Waals surface area contributed by atoms with Crippen molar-refractivity contribution in [3.05, 3.63) is 0 Å². The largest absolute Gasteiger partial charge is 0.298 e. The molecular formula is C14H25N3. The Labute approximate surface area is 105 Å². The van der Waals surface area contributed by atoms with Crippen molar-refractivity contribution in [2.24, 2.45) is 0 Å². The van der Waals surface area contributed by atoms with Crippen LogP contribution in [0.3, 0.4) is 0 Å². The number of piperazine rings is 1. The van der Waals surface area contributed by atoms with E-state index in [0.29, 0.717) is 0 Å². The molecule has 0 aromatic rings. The van der Waals surface area contributed by atoms with Crippen LogP contribution in [0.4, 0.5) is 0 Å². The van der Waals surface area contributed by atoms with Crippen LogP contribution >= 0.6 is 0 Å². The molecule has 2 aliphatic rings. The van der Waals surface area contributed by atoms with Crippen molar-refractivity contribution < 1.29 is 0 Å². The van der Waals surface area contributed by atoms with Gasteiger partial charge in [-0.25, -0.2) is 0 Å². The van der Waals surface area contributed by atoms with Crippen LogP contribution in [-0.2, 0) is 0 Å². The molecule has 0 amide bonds. The lowest BCUT2D eigenvalue weighted by atomic mass is 10.1. The van der Waals surface area contributed by atoms with Gasteiger partial charge in [0.1, 0.15) is 0 Å². The van der Waals surface area contributed by atoms with E-state index in [1.54, 1.807) is 0 Å². The topological polar surface area (TPSA) is 30.3 Å². The normalized spacial score (nSPS) is 25.9. The van der Waals surface area contributed by atoms with Crippen LogP contribution in [0, 0.1) is 11.3 Å². The highest BCUT2D eigenvalue weighted by molar-refractivity contribution is 4.94. The van der Waals surface area contributed by atoms with Crippen LogP contribution in [0.5, 0.6) is 0 Å². The second kappa shape index (κ2) is 6.37. The number of nitrogens with zero attached hydrogens (tertiary/aromatic N) is 3. The lowest BCUT2D eigenvalue weighted by Gasteiger charge is -2.39. The van der Waals surface area contributed by atoms with Crippen molar-refractivity contribution in [2.75, 3.05) is 26.2 Å². The molecule has 96 valence electrons. The molecule has 0 bridgehead atoms. The Bertz CT molecular complexity index is 257. The highest BCUT2D eigenvalue weighted by Crippen LogP contribution is 2.24. The zero-order valence-electron chi connectivity index (χ0n) is 11.1. The van der Waals surface area contributed by atoms with Gasteiger partial charge in [-0.05, 0) is 19.3 Å². The van der Waals surface area contributed by atoms with E-state index < -0.39 is 0 Å². The Balaban J connectivity index is 1.78. The molecule has 1 aliphatic carbocycles. The predicted octanol–water partition coefficient (Wildman–Crippen LogP) is 2.24. The summed E-state index contributed by atoms with van der Waals surface area (Å²) in [5.74, 6) is 0. The van der Waals surface area contributed by atoms with E-state index in [-0.39, 0.29) is 6.04 Å². The van der Waals surface area contributed by atoms with Crippen LogP contribution in [0.25, 0.3) is 0 Å². The average molecular weight is 235 g/mol. The highest BCUT2D eigenvalue weighted by atomic mass is 15.3. The summed E-state index contributed by atoms with van der Waals surface area (Å²) in [6.07, 6.45) is 7.78. The van der Waals surface area contributed by atoms with Gasteiger partial charge in [-0.3, -0.25) is 9.80 Å². The van der Waals surface area contributed by atoms with Gasteiger partial charge in [-0.15, -0.1) is 0 Å². The Hall–Kier alpha value is -0.590. The third kappa shape index (κ3) is 3.20. The van der Waals surface area contributed by atoms with Gasteiger partial charge >= 0.3 is 0 Å². The van der Waals surface area contributed by atoms with Gasteiger partial charge in [0.2, 0.25) is 0 Å². The van der Waals surface area contributed by atoms with Crippen molar-refractivity contribution in [2.45, 2.75) is 57.5 Å². The molecule has 1 saturated carbocycles. The van der Waals surface area contributed by atoms with Crippen LogP contribution in [0.1, 0.15) is 45.4 Å².